The van der Waals surface area contributed by atoms with E-state index >= 15 is 0 Å². The summed E-state index contributed by atoms with van der Waals surface area (Å²) in [5.41, 5.74) is 1.94. The lowest BCUT2D eigenvalue weighted by molar-refractivity contribution is 0.765. The lowest BCUT2D eigenvalue weighted by Gasteiger charge is -2.06. The van der Waals surface area contributed by atoms with Crippen LogP contribution in [-0.2, 0) is 6.54 Å². The monoisotopic (exact) mass is 242 g/mol. The van der Waals surface area contributed by atoms with Gasteiger partial charge in [-0.25, -0.2) is 4.98 Å². The van der Waals surface area contributed by atoms with Gasteiger partial charge in [0.2, 0.25) is 0 Å². The Morgan fingerprint density at radius 2 is 2.06 bits per heavy atom. The van der Waals surface area contributed by atoms with Crippen molar-refractivity contribution in [2.24, 2.45) is 0 Å². The van der Waals surface area contributed by atoms with Crippen molar-refractivity contribution in [3.8, 4) is 0 Å². The zero-order valence-electron chi connectivity index (χ0n) is 9.00. The first kappa shape index (κ1) is 10.2. The van der Waals surface area contributed by atoms with Gasteiger partial charge in [0.25, 0.3) is 0 Å². The summed E-state index contributed by atoms with van der Waals surface area (Å²) < 4.78 is 2.70. The van der Waals surface area contributed by atoms with E-state index in [1.54, 1.807) is 12.5 Å². The Bertz CT molecular complexity index is 699. The summed E-state index contributed by atoms with van der Waals surface area (Å²) in [5, 5.41) is 7.64. The Morgan fingerprint density at radius 1 is 1.24 bits per heavy atom. The fourth-order valence-corrected chi connectivity index (χ4v) is 2.02. The molecule has 0 atom stereocenters. The number of hydrogen-bond acceptors (Lipinski definition) is 3. The zero-order chi connectivity index (χ0) is 11.7. The summed E-state index contributed by atoms with van der Waals surface area (Å²) >= 11 is 5.41. The van der Waals surface area contributed by atoms with Crippen LogP contribution < -0.4 is 0 Å². The molecular formula is C12H10N4S. The van der Waals surface area contributed by atoms with E-state index in [1.165, 1.54) is 5.56 Å². The molecule has 0 amide bonds. The number of nitrogens with one attached hydrogen (secondary N) is 1. The highest BCUT2D eigenvalue weighted by Crippen LogP contribution is 2.11. The second-order valence-corrected chi connectivity index (χ2v) is 4.18. The standard InChI is InChI=1S/C12H10N4S/c17-12-10-6-14-15-11(10)13-8-16(12)7-9-4-2-1-3-5-9/h1-6,8H,7H2,(H,14,15). The van der Waals surface area contributed by atoms with Gasteiger partial charge in [-0.05, 0) is 5.56 Å². The van der Waals surface area contributed by atoms with Gasteiger partial charge in [-0.1, -0.05) is 42.5 Å². The molecule has 0 radical (unpaired) electrons. The van der Waals surface area contributed by atoms with Crippen LogP contribution in [0.25, 0.3) is 11.0 Å². The van der Waals surface area contributed by atoms with E-state index in [9.17, 15) is 0 Å². The van der Waals surface area contributed by atoms with E-state index in [1.807, 2.05) is 22.8 Å². The van der Waals surface area contributed by atoms with Crippen molar-refractivity contribution in [2.75, 3.05) is 0 Å². The fraction of sp³-hybridized carbons (Fsp3) is 0.0833. The maximum absolute atomic E-state index is 5.41. The van der Waals surface area contributed by atoms with Crippen LogP contribution in [0.5, 0.6) is 0 Å². The highest BCUT2D eigenvalue weighted by Gasteiger charge is 2.02. The van der Waals surface area contributed by atoms with Crippen molar-refractivity contribution < 1.29 is 0 Å². The molecule has 0 aliphatic rings. The summed E-state index contributed by atoms with van der Waals surface area (Å²) in [6.07, 6.45) is 3.46. The van der Waals surface area contributed by atoms with E-state index in [0.29, 0.717) is 0 Å². The van der Waals surface area contributed by atoms with Crippen LogP contribution in [0.4, 0.5) is 0 Å². The third kappa shape index (κ3) is 1.85. The molecule has 0 saturated heterocycles. The van der Waals surface area contributed by atoms with Crippen molar-refractivity contribution >= 4 is 23.3 Å². The Labute approximate surface area is 103 Å². The number of nitrogens with zero attached hydrogens (tertiary/aromatic N) is 3. The minimum Gasteiger partial charge on any atom is -0.318 e. The fourth-order valence-electron chi connectivity index (χ4n) is 1.76. The van der Waals surface area contributed by atoms with Gasteiger partial charge in [0, 0.05) is 6.54 Å². The van der Waals surface area contributed by atoms with Crippen LogP contribution in [0.3, 0.4) is 0 Å². The lowest BCUT2D eigenvalue weighted by atomic mass is 10.2. The highest BCUT2D eigenvalue weighted by molar-refractivity contribution is 7.71. The van der Waals surface area contributed by atoms with Crippen LogP contribution in [0.2, 0.25) is 0 Å². The molecule has 2 aromatic heterocycles. The van der Waals surface area contributed by atoms with E-state index < -0.39 is 0 Å². The zero-order valence-corrected chi connectivity index (χ0v) is 9.81. The Kier molecular flexibility index (Phi) is 2.45. The molecule has 3 aromatic rings. The molecular weight excluding hydrogens is 232 g/mol. The second kappa shape index (κ2) is 4.10. The quantitative estimate of drug-likeness (QED) is 0.702. The molecule has 1 aromatic carbocycles. The molecule has 4 nitrogen and oxygen atoms in total. The number of fused-ring (bicyclic) bond motifs is 1. The molecule has 0 unspecified atom stereocenters. The molecule has 1 N–H and O–H groups in total. The van der Waals surface area contributed by atoms with Crippen LogP contribution in [0, 0.1) is 4.64 Å². The molecule has 0 fully saturated rings. The summed E-state index contributed by atoms with van der Waals surface area (Å²) in [4.78, 5) is 4.28. The van der Waals surface area contributed by atoms with Crippen molar-refractivity contribution in [3.05, 3.63) is 53.1 Å². The van der Waals surface area contributed by atoms with Crippen LogP contribution in [0.15, 0.2) is 42.9 Å². The second-order valence-electron chi connectivity index (χ2n) is 3.80. The van der Waals surface area contributed by atoms with Crippen LogP contribution in [-0.4, -0.2) is 19.7 Å². The molecule has 0 saturated carbocycles. The molecule has 5 heteroatoms. The number of hydrogen-bond donors (Lipinski definition) is 1. The average Bonchev–Trinajstić information content (AvgIpc) is 2.83. The maximum atomic E-state index is 5.41. The lowest BCUT2D eigenvalue weighted by Crippen LogP contribution is -2.02. The minimum atomic E-state index is 0.730. The first-order valence-electron chi connectivity index (χ1n) is 5.27. The first-order valence-corrected chi connectivity index (χ1v) is 5.68. The van der Waals surface area contributed by atoms with Crippen molar-refractivity contribution in [3.63, 3.8) is 0 Å². The van der Waals surface area contributed by atoms with Crippen LogP contribution in [0.1, 0.15) is 5.56 Å². The smallest absolute Gasteiger partial charge is 0.159 e. The summed E-state index contributed by atoms with van der Waals surface area (Å²) in [7, 11) is 0. The topological polar surface area (TPSA) is 46.5 Å². The van der Waals surface area contributed by atoms with Crippen molar-refractivity contribution in [1.82, 2.24) is 19.7 Å². The van der Waals surface area contributed by atoms with Gasteiger partial charge >= 0.3 is 0 Å². The SMILES string of the molecule is S=c1c2cn[nH]c2ncn1Cc1ccccc1. The average molecular weight is 242 g/mol. The predicted octanol–water partition coefficient (Wildman–Crippen LogP) is 2.54. The molecule has 2 heterocycles. The van der Waals surface area contributed by atoms with Gasteiger partial charge in [0.15, 0.2) is 5.65 Å². The van der Waals surface area contributed by atoms with Gasteiger partial charge in [0.1, 0.15) is 4.64 Å². The molecule has 0 bridgehead atoms. The number of benzene rings is 1. The minimum absolute atomic E-state index is 0.730. The third-order valence-corrected chi connectivity index (χ3v) is 3.09. The normalized spacial score (nSPS) is 10.8. The summed E-state index contributed by atoms with van der Waals surface area (Å²) in [5.74, 6) is 0. The van der Waals surface area contributed by atoms with Crippen molar-refractivity contribution in [1.29, 1.82) is 0 Å². The first-order chi connectivity index (χ1) is 8.34. The van der Waals surface area contributed by atoms with E-state index in [2.05, 4.69) is 27.3 Å². The van der Waals surface area contributed by atoms with Gasteiger partial charge in [0.05, 0.1) is 17.9 Å². The molecule has 0 aliphatic heterocycles. The van der Waals surface area contributed by atoms with Gasteiger partial charge in [-0.3, -0.25) is 5.10 Å². The van der Waals surface area contributed by atoms with Gasteiger partial charge in [-0.2, -0.15) is 5.10 Å². The van der Waals surface area contributed by atoms with E-state index in [4.69, 9.17) is 12.2 Å². The largest absolute Gasteiger partial charge is 0.318 e. The Balaban J connectivity index is 2.07. The Morgan fingerprint density at radius 3 is 2.88 bits per heavy atom. The molecule has 84 valence electrons. The maximum Gasteiger partial charge on any atom is 0.159 e. The van der Waals surface area contributed by atoms with Crippen LogP contribution >= 0.6 is 12.2 Å². The van der Waals surface area contributed by atoms with Gasteiger partial charge < -0.3 is 4.57 Å². The summed E-state index contributed by atoms with van der Waals surface area (Å²) in [6, 6.07) is 10.2. The predicted molar refractivity (Wildman–Crippen MR) is 68.3 cm³/mol. The van der Waals surface area contributed by atoms with Crippen molar-refractivity contribution in [2.45, 2.75) is 6.54 Å². The molecule has 17 heavy (non-hydrogen) atoms. The summed E-state index contributed by atoms with van der Waals surface area (Å²) in [6.45, 7) is 0.730. The number of aromatic amines is 1. The highest BCUT2D eigenvalue weighted by atomic mass is 32.1. The number of rotatable bonds is 2. The number of H-pyrrole nitrogens is 1. The molecule has 0 aliphatic carbocycles. The molecule has 0 spiro atoms. The van der Waals surface area contributed by atoms with Gasteiger partial charge in [-0.15, -0.1) is 0 Å². The van der Waals surface area contributed by atoms with E-state index in [-0.39, 0.29) is 0 Å². The van der Waals surface area contributed by atoms with E-state index in [0.717, 1.165) is 22.2 Å². The Hall–Kier alpha value is -2.01. The number of aromatic nitrogens is 4. The third-order valence-electron chi connectivity index (χ3n) is 2.63. The molecule has 3 rings (SSSR count).